The van der Waals surface area contributed by atoms with E-state index < -0.39 is 0 Å². The number of halogens is 1. The Kier molecular flexibility index (Phi) is 5.81. The predicted octanol–water partition coefficient (Wildman–Crippen LogP) is 1.82. The van der Waals surface area contributed by atoms with E-state index in [1.807, 2.05) is 17.5 Å². The van der Waals surface area contributed by atoms with Crippen LogP contribution in [-0.4, -0.2) is 47.8 Å². The van der Waals surface area contributed by atoms with E-state index in [-0.39, 0.29) is 30.8 Å². The van der Waals surface area contributed by atoms with Gasteiger partial charge >= 0.3 is 0 Å². The lowest BCUT2D eigenvalue weighted by Gasteiger charge is -2.34. The van der Waals surface area contributed by atoms with Crippen molar-refractivity contribution in [3.63, 3.8) is 0 Å². The van der Waals surface area contributed by atoms with Gasteiger partial charge < -0.3 is 20.0 Å². The van der Waals surface area contributed by atoms with Gasteiger partial charge in [-0.05, 0) is 17.5 Å². The Bertz CT molecular complexity index is 663. The van der Waals surface area contributed by atoms with Gasteiger partial charge in [-0.15, -0.1) is 23.7 Å². The quantitative estimate of drug-likeness (QED) is 0.910. The molecule has 3 rings (SSSR count). The van der Waals surface area contributed by atoms with Crippen molar-refractivity contribution in [1.82, 2.24) is 9.80 Å². The summed E-state index contributed by atoms with van der Waals surface area (Å²) in [5, 5.41) is 1.89. The molecular weight excluding hydrogens is 338 g/mol. The normalized spacial score (nSPS) is 14.5. The van der Waals surface area contributed by atoms with Crippen molar-refractivity contribution < 1.29 is 14.0 Å². The molecule has 0 aromatic carbocycles. The van der Waals surface area contributed by atoms with Gasteiger partial charge in [-0.25, -0.2) is 0 Å². The number of piperazine rings is 1. The van der Waals surface area contributed by atoms with E-state index in [1.165, 1.54) is 17.6 Å². The van der Waals surface area contributed by atoms with Crippen molar-refractivity contribution in [3.8, 4) is 0 Å². The summed E-state index contributed by atoms with van der Waals surface area (Å²) in [6.07, 6.45) is 1.44. The predicted molar refractivity (Wildman–Crippen MR) is 90.0 cm³/mol. The smallest absolute Gasteiger partial charge is 0.264 e. The molecule has 0 saturated carbocycles. The van der Waals surface area contributed by atoms with Crippen LogP contribution >= 0.6 is 23.7 Å². The molecule has 2 amide bonds. The Morgan fingerprint density at radius 1 is 1.17 bits per heavy atom. The third kappa shape index (κ3) is 3.74. The SMILES string of the molecule is Cl.NCc1cc(C(=O)N2CCN(C(=O)c3cccs3)CC2)co1. The molecule has 0 unspecified atom stereocenters. The summed E-state index contributed by atoms with van der Waals surface area (Å²) in [4.78, 5) is 28.9. The van der Waals surface area contributed by atoms with E-state index in [9.17, 15) is 9.59 Å². The van der Waals surface area contributed by atoms with Crippen molar-refractivity contribution in [2.45, 2.75) is 6.54 Å². The Balaban J connectivity index is 0.00000192. The Hall–Kier alpha value is -1.83. The molecule has 23 heavy (non-hydrogen) atoms. The summed E-state index contributed by atoms with van der Waals surface area (Å²) < 4.78 is 5.20. The van der Waals surface area contributed by atoms with E-state index in [0.717, 1.165) is 4.88 Å². The molecule has 0 radical (unpaired) electrons. The molecule has 2 N–H and O–H groups in total. The van der Waals surface area contributed by atoms with E-state index in [4.69, 9.17) is 10.2 Å². The van der Waals surface area contributed by atoms with Crippen LogP contribution in [0.1, 0.15) is 25.8 Å². The van der Waals surface area contributed by atoms with E-state index in [0.29, 0.717) is 37.5 Å². The zero-order valence-corrected chi connectivity index (χ0v) is 14.1. The van der Waals surface area contributed by atoms with E-state index in [2.05, 4.69) is 0 Å². The maximum atomic E-state index is 12.4. The van der Waals surface area contributed by atoms with Crippen LogP contribution in [0.3, 0.4) is 0 Å². The average molecular weight is 356 g/mol. The monoisotopic (exact) mass is 355 g/mol. The molecule has 3 heterocycles. The molecule has 0 spiro atoms. The van der Waals surface area contributed by atoms with Crippen molar-refractivity contribution in [1.29, 1.82) is 0 Å². The fourth-order valence-electron chi connectivity index (χ4n) is 2.45. The molecular formula is C15H18ClN3O3S. The van der Waals surface area contributed by atoms with Gasteiger partial charge in [0.05, 0.1) is 17.0 Å². The number of rotatable bonds is 3. The molecule has 6 nitrogen and oxygen atoms in total. The van der Waals surface area contributed by atoms with Crippen LogP contribution in [0, 0.1) is 0 Å². The second-order valence-electron chi connectivity index (χ2n) is 5.07. The van der Waals surface area contributed by atoms with Crippen LogP contribution in [0.4, 0.5) is 0 Å². The maximum Gasteiger partial charge on any atom is 0.264 e. The summed E-state index contributed by atoms with van der Waals surface area (Å²) in [5.74, 6) is 0.553. The summed E-state index contributed by atoms with van der Waals surface area (Å²) in [6, 6.07) is 5.36. The van der Waals surface area contributed by atoms with Crippen molar-refractivity contribution >= 4 is 35.6 Å². The van der Waals surface area contributed by atoms with Gasteiger partial charge in [0.25, 0.3) is 11.8 Å². The van der Waals surface area contributed by atoms with Crippen molar-refractivity contribution in [3.05, 3.63) is 46.0 Å². The molecule has 1 saturated heterocycles. The second kappa shape index (κ2) is 7.63. The van der Waals surface area contributed by atoms with Crippen LogP contribution < -0.4 is 5.73 Å². The highest BCUT2D eigenvalue weighted by Crippen LogP contribution is 2.16. The first-order valence-corrected chi connectivity index (χ1v) is 7.96. The van der Waals surface area contributed by atoms with Gasteiger partial charge in [0.15, 0.2) is 0 Å². The zero-order valence-electron chi connectivity index (χ0n) is 12.4. The summed E-state index contributed by atoms with van der Waals surface area (Å²) in [7, 11) is 0. The van der Waals surface area contributed by atoms with Crippen LogP contribution in [0.15, 0.2) is 34.3 Å². The highest BCUT2D eigenvalue weighted by molar-refractivity contribution is 7.12. The minimum atomic E-state index is -0.0772. The molecule has 1 aliphatic heterocycles. The van der Waals surface area contributed by atoms with Crippen molar-refractivity contribution in [2.24, 2.45) is 5.73 Å². The molecule has 0 atom stereocenters. The molecule has 2 aromatic rings. The number of carbonyl (C=O) groups excluding carboxylic acids is 2. The first kappa shape index (κ1) is 17.5. The Labute approximate surface area is 144 Å². The second-order valence-corrected chi connectivity index (χ2v) is 6.02. The summed E-state index contributed by atoms with van der Waals surface area (Å²) in [6.45, 7) is 2.42. The van der Waals surface area contributed by atoms with Gasteiger partial charge in [-0.3, -0.25) is 9.59 Å². The average Bonchev–Trinajstić information content (AvgIpc) is 3.25. The fraction of sp³-hybridized carbons (Fsp3) is 0.333. The molecule has 124 valence electrons. The lowest BCUT2D eigenvalue weighted by molar-refractivity contribution is 0.0537. The summed E-state index contributed by atoms with van der Waals surface area (Å²) >= 11 is 1.44. The molecule has 2 aromatic heterocycles. The van der Waals surface area contributed by atoms with Gasteiger partial charge in [-0.2, -0.15) is 0 Å². The van der Waals surface area contributed by atoms with E-state index >= 15 is 0 Å². The molecule has 0 bridgehead atoms. The Morgan fingerprint density at radius 3 is 2.35 bits per heavy atom. The third-order valence-electron chi connectivity index (χ3n) is 3.69. The minimum Gasteiger partial charge on any atom is -0.467 e. The largest absolute Gasteiger partial charge is 0.467 e. The van der Waals surface area contributed by atoms with Crippen LogP contribution in [0.2, 0.25) is 0 Å². The topological polar surface area (TPSA) is 79.8 Å². The highest BCUT2D eigenvalue weighted by Gasteiger charge is 2.26. The van der Waals surface area contributed by atoms with Crippen LogP contribution in [0.25, 0.3) is 0 Å². The van der Waals surface area contributed by atoms with Gasteiger partial charge in [0.2, 0.25) is 0 Å². The lowest BCUT2D eigenvalue weighted by Crippen LogP contribution is -2.50. The number of hydrogen-bond acceptors (Lipinski definition) is 5. The third-order valence-corrected chi connectivity index (χ3v) is 4.55. The number of thiophene rings is 1. The first-order chi connectivity index (χ1) is 10.7. The van der Waals surface area contributed by atoms with Gasteiger partial charge in [-0.1, -0.05) is 6.07 Å². The minimum absolute atomic E-state index is 0. The number of furan rings is 1. The first-order valence-electron chi connectivity index (χ1n) is 7.08. The molecule has 8 heteroatoms. The number of nitrogens with zero attached hydrogens (tertiary/aromatic N) is 2. The maximum absolute atomic E-state index is 12.4. The number of carbonyl (C=O) groups is 2. The highest BCUT2D eigenvalue weighted by atomic mass is 35.5. The zero-order chi connectivity index (χ0) is 15.5. The number of nitrogens with two attached hydrogens (primary N) is 1. The molecule has 0 aliphatic carbocycles. The van der Waals surface area contributed by atoms with Gasteiger partial charge in [0, 0.05) is 26.2 Å². The van der Waals surface area contributed by atoms with Crippen LogP contribution in [0.5, 0.6) is 0 Å². The lowest BCUT2D eigenvalue weighted by atomic mass is 10.2. The van der Waals surface area contributed by atoms with Gasteiger partial charge in [0.1, 0.15) is 12.0 Å². The molecule has 1 fully saturated rings. The fourth-order valence-corrected chi connectivity index (χ4v) is 3.14. The van der Waals surface area contributed by atoms with E-state index in [1.54, 1.807) is 15.9 Å². The molecule has 1 aliphatic rings. The Morgan fingerprint density at radius 2 is 1.83 bits per heavy atom. The summed E-state index contributed by atoms with van der Waals surface area (Å²) in [5.41, 5.74) is 5.99. The standard InChI is InChI=1S/C15H17N3O3S.ClH/c16-9-12-8-11(10-21-12)14(19)17-3-5-18(6-4-17)15(20)13-2-1-7-22-13;/h1-2,7-8,10H,3-6,9,16H2;1H. The number of amides is 2. The van der Waals surface area contributed by atoms with Crippen molar-refractivity contribution in [2.75, 3.05) is 26.2 Å². The van der Waals surface area contributed by atoms with Crippen LogP contribution in [-0.2, 0) is 6.54 Å². The number of hydrogen-bond donors (Lipinski definition) is 1.